The topological polar surface area (TPSA) is 38.8 Å². The highest BCUT2D eigenvalue weighted by molar-refractivity contribution is 5.82. The predicted molar refractivity (Wildman–Crippen MR) is 82.4 cm³/mol. The molecule has 0 amide bonds. The van der Waals surface area contributed by atoms with Crippen LogP contribution >= 0.6 is 0 Å². The maximum Gasteiger partial charge on any atom is 0.353 e. The van der Waals surface area contributed by atoms with Gasteiger partial charge in [-0.3, -0.25) is 4.90 Å². The molecule has 2 rings (SSSR count). The van der Waals surface area contributed by atoms with E-state index in [-0.39, 0.29) is 11.5 Å². The fourth-order valence-corrected chi connectivity index (χ4v) is 2.43. The summed E-state index contributed by atoms with van der Waals surface area (Å²) in [7, 11) is 0. The largest absolute Gasteiger partial charge is 0.473 e. The molecule has 0 saturated carbocycles. The van der Waals surface area contributed by atoms with E-state index in [9.17, 15) is 4.79 Å². The lowest BCUT2D eigenvalue weighted by atomic mass is 9.86. The van der Waals surface area contributed by atoms with Crippen molar-refractivity contribution in [2.45, 2.75) is 45.3 Å². The zero-order valence-corrected chi connectivity index (χ0v) is 13.4. The minimum absolute atomic E-state index is 0.0655. The van der Waals surface area contributed by atoms with E-state index in [1.165, 1.54) is 0 Å². The molecule has 1 fully saturated rings. The van der Waals surface area contributed by atoms with E-state index in [0.717, 1.165) is 6.42 Å². The van der Waals surface area contributed by atoms with Crippen LogP contribution in [0.3, 0.4) is 0 Å². The van der Waals surface area contributed by atoms with Gasteiger partial charge in [0.05, 0.1) is 19.7 Å². The van der Waals surface area contributed by atoms with Crippen molar-refractivity contribution in [3.63, 3.8) is 0 Å². The molecule has 0 aromatic heterocycles. The summed E-state index contributed by atoms with van der Waals surface area (Å²) < 4.78 is 11.2. The number of rotatable bonds is 6. The van der Waals surface area contributed by atoms with Gasteiger partial charge in [-0.15, -0.1) is 0 Å². The second kappa shape index (κ2) is 6.06. The van der Waals surface area contributed by atoms with Crippen LogP contribution in [0.15, 0.2) is 30.3 Å². The molecule has 0 radical (unpaired) electrons. The molecule has 4 heteroatoms. The Bertz CT molecular complexity index is 478. The standard InChI is InChI=1S/C17H25NO3/c1-5-16(3,4)18-12-17(13-18,15(19)20-6-2)21-14-10-8-7-9-11-14/h7-11H,5-6,12-13H2,1-4H3. The lowest BCUT2D eigenvalue weighted by Gasteiger charge is -2.53. The highest BCUT2D eigenvalue weighted by Gasteiger charge is 2.56. The van der Waals surface area contributed by atoms with Crippen LogP contribution < -0.4 is 4.74 Å². The zero-order chi connectivity index (χ0) is 15.5. The van der Waals surface area contributed by atoms with Crippen LogP contribution in [0.5, 0.6) is 5.75 Å². The third-order valence-corrected chi connectivity index (χ3v) is 4.32. The first-order chi connectivity index (χ1) is 9.93. The summed E-state index contributed by atoms with van der Waals surface area (Å²) >= 11 is 0. The number of ether oxygens (including phenoxy) is 2. The molecular weight excluding hydrogens is 266 g/mol. The molecular formula is C17H25NO3. The Morgan fingerprint density at radius 1 is 1.24 bits per heavy atom. The first-order valence-electron chi connectivity index (χ1n) is 7.60. The Hall–Kier alpha value is -1.55. The van der Waals surface area contributed by atoms with Gasteiger partial charge in [0.1, 0.15) is 5.75 Å². The Morgan fingerprint density at radius 3 is 2.38 bits per heavy atom. The average molecular weight is 291 g/mol. The molecule has 0 N–H and O–H groups in total. The molecule has 1 aromatic carbocycles. The average Bonchev–Trinajstić information content (AvgIpc) is 2.43. The number of hydrogen-bond acceptors (Lipinski definition) is 4. The van der Waals surface area contributed by atoms with Gasteiger partial charge < -0.3 is 9.47 Å². The second-order valence-electron chi connectivity index (χ2n) is 6.15. The number of hydrogen-bond donors (Lipinski definition) is 0. The number of likely N-dealkylation sites (tertiary alicyclic amines) is 1. The van der Waals surface area contributed by atoms with Gasteiger partial charge in [-0.2, -0.15) is 0 Å². The van der Waals surface area contributed by atoms with E-state index >= 15 is 0 Å². The number of esters is 1. The highest BCUT2D eigenvalue weighted by Crippen LogP contribution is 2.35. The molecule has 0 atom stereocenters. The molecule has 1 aliphatic rings. The Kier molecular flexibility index (Phi) is 4.57. The molecule has 0 aliphatic carbocycles. The number of benzene rings is 1. The Balaban J connectivity index is 2.14. The second-order valence-corrected chi connectivity index (χ2v) is 6.15. The number of carbonyl (C=O) groups excluding carboxylic acids is 1. The number of carbonyl (C=O) groups is 1. The van der Waals surface area contributed by atoms with Crippen LogP contribution in [0.4, 0.5) is 0 Å². The molecule has 21 heavy (non-hydrogen) atoms. The van der Waals surface area contributed by atoms with E-state index in [1.54, 1.807) is 0 Å². The summed E-state index contributed by atoms with van der Waals surface area (Å²) in [5, 5.41) is 0. The van der Waals surface area contributed by atoms with Gasteiger partial charge >= 0.3 is 5.97 Å². The summed E-state index contributed by atoms with van der Waals surface area (Å²) in [5.74, 6) is 0.441. The third kappa shape index (κ3) is 3.21. The van der Waals surface area contributed by atoms with Crippen LogP contribution in [-0.4, -0.2) is 41.7 Å². The van der Waals surface area contributed by atoms with Crippen LogP contribution in [0.25, 0.3) is 0 Å². The SMILES string of the molecule is CCOC(=O)C1(Oc2ccccc2)CN(C(C)(C)CC)C1. The van der Waals surface area contributed by atoms with Gasteiger partial charge in [-0.25, -0.2) is 4.79 Å². The molecule has 4 nitrogen and oxygen atoms in total. The zero-order valence-electron chi connectivity index (χ0n) is 13.4. The summed E-state index contributed by atoms with van der Waals surface area (Å²) in [6, 6.07) is 9.47. The van der Waals surface area contributed by atoms with Gasteiger partial charge in [0.2, 0.25) is 5.60 Å². The lowest BCUT2D eigenvalue weighted by molar-refractivity contribution is -0.186. The highest BCUT2D eigenvalue weighted by atomic mass is 16.6. The van der Waals surface area contributed by atoms with Gasteiger partial charge in [0, 0.05) is 5.54 Å². The molecule has 1 saturated heterocycles. The van der Waals surface area contributed by atoms with Crippen molar-refractivity contribution in [2.24, 2.45) is 0 Å². The van der Waals surface area contributed by atoms with Gasteiger partial charge in [-0.1, -0.05) is 25.1 Å². The minimum atomic E-state index is -0.871. The molecule has 0 spiro atoms. The van der Waals surface area contributed by atoms with Crippen LogP contribution in [0.2, 0.25) is 0 Å². The van der Waals surface area contributed by atoms with E-state index < -0.39 is 5.60 Å². The fourth-order valence-electron chi connectivity index (χ4n) is 2.43. The van der Waals surface area contributed by atoms with Crippen molar-refractivity contribution in [2.75, 3.05) is 19.7 Å². The smallest absolute Gasteiger partial charge is 0.353 e. The van der Waals surface area contributed by atoms with Crippen LogP contribution in [-0.2, 0) is 9.53 Å². The van der Waals surface area contributed by atoms with Crippen LogP contribution in [0.1, 0.15) is 34.1 Å². The fraction of sp³-hybridized carbons (Fsp3) is 0.588. The molecule has 1 heterocycles. The van der Waals surface area contributed by atoms with Crippen molar-refractivity contribution in [1.82, 2.24) is 4.90 Å². The molecule has 116 valence electrons. The van der Waals surface area contributed by atoms with E-state index in [1.807, 2.05) is 37.3 Å². The quantitative estimate of drug-likeness (QED) is 0.756. The van der Waals surface area contributed by atoms with Gasteiger partial charge in [0.25, 0.3) is 0 Å². The van der Waals surface area contributed by atoms with E-state index in [0.29, 0.717) is 25.4 Å². The molecule has 1 aliphatic heterocycles. The summed E-state index contributed by atoms with van der Waals surface area (Å²) in [4.78, 5) is 14.6. The van der Waals surface area contributed by atoms with Crippen molar-refractivity contribution >= 4 is 5.97 Å². The van der Waals surface area contributed by atoms with Gasteiger partial charge in [-0.05, 0) is 39.3 Å². The maximum absolute atomic E-state index is 12.3. The van der Waals surface area contributed by atoms with Crippen molar-refractivity contribution in [1.29, 1.82) is 0 Å². The Labute approximate surface area is 127 Å². The van der Waals surface area contributed by atoms with Crippen molar-refractivity contribution in [3.05, 3.63) is 30.3 Å². The molecule has 0 bridgehead atoms. The monoisotopic (exact) mass is 291 g/mol. The first-order valence-corrected chi connectivity index (χ1v) is 7.60. The molecule has 0 unspecified atom stereocenters. The normalized spacial score (nSPS) is 17.9. The van der Waals surface area contributed by atoms with E-state index in [4.69, 9.17) is 9.47 Å². The van der Waals surface area contributed by atoms with Crippen molar-refractivity contribution < 1.29 is 14.3 Å². The predicted octanol–water partition coefficient (Wildman–Crippen LogP) is 2.87. The minimum Gasteiger partial charge on any atom is -0.473 e. The number of nitrogens with zero attached hydrogens (tertiary/aromatic N) is 1. The van der Waals surface area contributed by atoms with Crippen molar-refractivity contribution in [3.8, 4) is 5.75 Å². The van der Waals surface area contributed by atoms with Gasteiger partial charge in [0.15, 0.2) is 0 Å². The summed E-state index contributed by atoms with van der Waals surface area (Å²) in [6.07, 6.45) is 1.03. The summed E-state index contributed by atoms with van der Waals surface area (Å²) in [5.41, 5.74) is -0.806. The number of para-hydroxylation sites is 1. The van der Waals surface area contributed by atoms with Crippen LogP contribution in [0, 0.1) is 0 Å². The Morgan fingerprint density at radius 2 is 1.86 bits per heavy atom. The first kappa shape index (κ1) is 15.8. The third-order valence-electron chi connectivity index (χ3n) is 4.32. The summed E-state index contributed by atoms with van der Waals surface area (Å²) in [6.45, 7) is 9.86. The van der Waals surface area contributed by atoms with E-state index in [2.05, 4.69) is 25.7 Å². The molecule has 1 aromatic rings. The lowest BCUT2D eigenvalue weighted by Crippen LogP contribution is -2.73. The maximum atomic E-state index is 12.3.